The molecular weight excluding hydrogens is 214 g/mol. The van der Waals surface area contributed by atoms with Gasteiger partial charge in [-0.1, -0.05) is 11.6 Å². The van der Waals surface area contributed by atoms with Crippen LogP contribution in [0, 0.1) is 0 Å². The van der Waals surface area contributed by atoms with Crippen LogP contribution in [-0.2, 0) is 0 Å². The van der Waals surface area contributed by atoms with Crippen LogP contribution in [0.5, 0.6) is 5.75 Å². The van der Waals surface area contributed by atoms with E-state index in [2.05, 4.69) is 5.32 Å². The van der Waals surface area contributed by atoms with E-state index in [0.29, 0.717) is 5.56 Å². The van der Waals surface area contributed by atoms with E-state index in [1.165, 1.54) is 18.2 Å². The number of rotatable bonds is 1. The van der Waals surface area contributed by atoms with Gasteiger partial charge in [-0.3, -0.25) is 4.79 Å². The molecule has 1 aromatic rings. The summed E-state index contributed by atoms with van der Waals surface area (Å²) in [6.07, 6.45) is 0. The summed E-state index contributed by atoms with van der Waals surface area (Å²) in [6, 6.07) is 4.38. The van der Waals surface area contributed by atoms with E-state index in [1.807, 2.05) is 20.8 Å². The van der Waals surface area contributed by atoms with Crippen LogP contribution in [0.3, 0.4) is 0 Å². The summed E-state index contributed by atoms with van der Waals surface area (Å²) in [5, 5.41) is 12.2. The molecule has 0 aliphatic carbocycles. The summed E-state index contributed by atoms with van der Waals surface area (Å²) in [6.45, 7) is 5.69. The molecular formula is C11H14ClNO2. The van der Waals surface area contributed by atoms with Gasteiger partial charge in [0.05, 0.1) is 5.02 Å². The van der Waals surface area contributed by atoms with Crippen molar-refractivity contribution in [2.45, 2.75) is 26.3 Å². The summed E-state index contributed by atoms with van der Waals surface area (Å²) >= 11 is 5.70. The molecule has 0 bridgehead atoms. The zero-order valence-electron chi connectivity index (χ0n) is 8.97. The summed E-state index contributed by atoms with van der Waals surface area (Å²) in [5.41, 5.74) is 0.147. The number of aromatic hydroxyl groups is 1. The van der Waals surface area contributed by atoms with Crippen molar-refractivity contribution in [2.75, 3.05) is 0 Å². The van der Waals surface area contributed by atoms with Gasteiger partial charge in [0.1, 0.15) is 5.75 Å². The van der Waals surface area contributed by atoms with Crippen molar-refractivity contribution in [3.8, 4) is 5.75 Å². The maximum absolute atomic E-state index is 11.7. The van der Waals surface area contributed by atoms with Crippen LogP contribution >= 0.6 is 11.6 Å². The molecule has 0 aliphatic heterocycles. The second kappa shape index (κ2) is 4.11. The van der Waals surface area contributed by atoms with E-state index in [9.17, 15) is 9.90 Å². The topological polar surface area (TPSA) is 49.3 Å². The minimum absolute atomic E-state index is 0.0241. The number of carbonyl (C=O) groups is 1. The first-order valence-corrected chi connectivity index (χ1v) is 4.98. The van der Waals surface area contributed by atoms with E-state index >= 15 is 0 Å². The maximum atomic E-state index is 11.7. The SMILES string of the molecule is CC(C)(C)NC(=O)c1ccc(O)c(Cl)c1. The van der Waals surface area contributed by atoms with Crippen molar-refractivity contribution in [3.63, 3.8) is 0 Å². The summed E-state index contributed by atoms with van der Waals surface area (Å²) < 4.78 is 0. The lowest BCUT2D eigenvalue weighted by Gasteiger charge is -2.20. The third kappa shape index (κ3) is 3.44. The van der Waals surface area contributed by atoms with E-state index in [4.69, 9.17) is 11.6 Å². The molecule has 0 aliphatic rings. The highest BCUT2D eigenvalue weighted by Crippen LogP contribution is 2.23. The summed E-state index contributed by atoms with van der Waals surface area (Å²) in [5.74, 6) is -0.228. The first-order valence-electron chi connectivity index (χ1n) is 4.60. The van der Waals surface area contributed by atoms with Crippen LogP contribution in [0.1, 0.15) is 31.1 Å². The molecule has 2 N–H and O–H groups in total. The second-order valence-corrected chi connectivity index (χ2v) is 4.78. The fraction of sp³-hybridized carbons (Fsp3) is 0.364. The molecule has 0 spiro atoms. The van der Waals surface area contributed by atoms with Crippen molar-refractivity contribution in [2.24, 2.45) is 0 Å². The quantitative estimate of drug-likeness (QED) is 0.775. The Labute approximate surface area is 94.1 Å². The first kappa shape index (κ1) is 11.9. The normalized spacial score (nSPS) is 11.2. The Morgan fingerprint density at radius 2 is 2.00 bits per heavy atom. The van der Waals surface area contributed by atoms with Crippen molar-refractivity contribution < 1.29 is 9.90 Å². The molecule has 0 unspecified atom stereocenters. The fourth-order valence-corrected chi connectivity index (χ4v) is 1.24. The molecule has 15 heavy (non-hydrogen) atoms. The van der Waals surface area contributed by atoms with Crippen molar-refractivity contribution in [1.29, 1.82) is 0 Å². The van der Waals surface area contributed by atoms with E-state index in [-0.39, 0.29) is 22.2 Å². The van der Waals surface area contributed by atoms with Gasteiger partial charge in [-0.15, -0.1) is 0 Å². The molecule has 1 rings (SSSR count). The number of hydrogen-bond acceptors (Lipinski definition) is 2. The Morgan fingerprint density at radius 3 is 2.47 bits per heavy atom. The molecule has 0 heterocycles. The largest absolute Gasteiger partial charge is 0.506 e. The van der Waals surface area contributed by atoms with Gasteiger partial charge in [-0.2, -0.15) is 0 Å². The van der Waals surface area contributed by atoms with Gasteiger partial charge in [0.2, 0.25) is 0 Å². The Morgan fingerprint density at radius 1 is 1.40 bits per heavy atom. The Kier molecular flexibility index (Phi) is 3.25. The second-order valence-electron chi connectivity index (χ2n) is 4.37. The molecule has 0 saturated heterocycles. The molecule has 1 aromatic carbocycles. The van der Waals surface area contributed by atoms with Gasteiger partial charge in [0.25, 0.3) is 5.91 Å². The molecule has 0 aromatic heterocycles. The highest BCUT2D eigenvalue weighted by Gasteiger charge is 2.15. The predicted octanol–water partition coefficient (Wildman–Crippen LogP) is 2.57. The zero-order chi connectivity index (χ0) is 11.6. The fourth-order valence-electron chi connectivity index (χ4n) is 1.06. The Balaban J connectivity index is 2.88. The van der Waals surface area contributed by atoms with Crippen LogP contribution in [0.4, 0.5) is 0 Å². The third-order valence-electron chi connectivity index (χ3n) is 1.70. The number of phenolic OH excluding ortho intramolecular Hbond substituents is 1. The van der Waals surface area contributed by atoms with E-state index in [0.717, 1.165) is 0 Å². The number of phenols is 1. The average Bonchev–Trinajstić information content (AvgIpc) is 2.06. The van der Waals surface area contributed by atoms with Crippen LogP contribution < -0.4 is 5.32 Å². The van der Waals surface area contributed by atoms with E-state index < -0.39 is 0 Å². The minimum atomic E-state index is -0.290. The predicted molar refractivity (Wildman–Crippen MR) is 60.3 cm³/mol. The molecule has 0 atom stereocenters. The molecule has 4 heteroatoms. The van der Waals surface area contributed by atoms with Crippen LogP contribution in [0.15, 0.2) is 18.2 Å². The molecule has 0 saturated carbocycles. The number of nitrogens with one attached hydrogen (secondary N) is 1. The molecule has 3 nitrogen and oxygen atoms in total. The lowest BCUT2D eigenvalue weighted by Crippen LogP contribution is -2.40. The highest BCUT2D eigenvalue weighted by atomic mass is 35.5. The smallest absolute Gasteiger partial charge is 0.251 e. The van der Waals surface area contributed by atoms with Gasteiger partial charge < -0.3 is 10.4 Å². The van der Waals surface area contributed by atoms with Gasteiger partial charge in [0.15, 0.2) is 0 Å². The standard InChI is InChI=1S/C11H14ClNO2/c1-11(2,3)13-10(15)7-4-5-9(14)8(12)6-7/h4-6,14H,1-3H3,(H,13,15). The van der Waals surface area contributed by atoms with Crippen LogP contribution in [0.2, 0.25) is 5.02 Å². The monoisotopic (exact) mass is 227 g/mol. The number of hydrogen-bond donors (Lipinski definition) is 2. The lowest BCUT2D eigenvalue weighted by atomic mass is 10.1. The van der Waals surface area contributed by atoms with Crippen molar-refractivity contribution >= 4 is 17.5 Å². The number of halogens is 1. The molecule has 0 fully saturated rings. The van der Waals surface area contributed by atoms with E-state index in [1.54, 1.807) is 0 Å². The number of amides is 1. The summed E-state index contributed by atoms with van der Waals surface area (Å²) in [7, 11) is 0. The van der Waals surface area contributed by atoms with Gasteiger partial charge >= 0.3 is 0 Å². The maximum Gasteiger partial charge on any atom is 0.251 e. The van der Waals surface area contributed by atoms with Crippen LogP contribution in [-0.4, -0.2) is 16.6 Å². The van der Waals surface area contributed by atoms with Crippen molar-refractivity contribution in [3.05, 3.63) is 28.8 Å². The Hall–Kier alpha value is -1.22. The minimum Gasteiger partial charge on any atom is -0.506 e. The lowest BCUT2D eigenvalue weighted by molar-refractivity contribution is 0.0919. The number of benzene rings is 1. The van der Waals surface area contributed by atoms with Gasteiger partial charge in [0, 0.05) is 11.1 Å². The average molecular weight is 228 g/mol. The Bertz CT molecular complexity index is 383. The number of carbonyl (C=O) groups excluding carboxylic acids is 1. The zero-order valence-corrected chi connectivity index (χ0v) is 9.72. The van der Waals surface area contributed by atoms with Crippen LogP contribution in [0.25, 0.3) is 0 Å². The first-order chi connectivity index (χ1) is 6.79. The van der Waals surface area contributed by atoms with Gasteiger partial charge in [-0.05, 0) is 39.0 Å². The van der Waals surface area contributed by atoms with Gasteiger partial charge in [-0.25, -0.2) is 0 Å². The van der Waals surface area contributed by atoms with Crippen molar-refractivity contribution in [1.82, 2.24) is 5.32 Å². The molecule has 1 amide bonds. The highest BCUT2D eigenvalue weighted by molar-refractivity contribution is 6.32. The summed E-state index contributed by atoms with van der Waals surface area (Å²) in [4.78, 5) is 11.7. The molecule has 0 radical (unpaired) electrons. The third-order valence-corrected chi connectivity index (χ3v) is 2.00. The molecule has 82 valence electrons.